The van der Waals surface area contributed by atoms with Crippen molar-refractivity contribution in [1.82, 2.24) is 14.4 Å². The Hall–Kier alpha value is -3.43. The Morgan fingerprint density at radius 2 is 1.50 bits per heavy atom. The minimum atomic E-state index is 0.725. The maximum absolute atomic E-state index is 5.99. The Bertz CT molecular complexity index is 1300. The van der Waals surface area contributed by atoms with Gasteiger partial charge in [0.05, 0.1) is 16.7 Å². The van der Waals surface area contributed by atoms with Crippen LogP contribution in [0.15, 0.2) is 85.1 Å². The molecule has 0 aliphatic carbocycles. The standard InChI is InChI=1S/C24H16ClN3/c25-19-13-10-17(11-14-19)12-15-21-24-27-20-8-4-5-9-23(20)28(24)16-22(26-21)18-6-2-1-3-7-18/h1-16H. The van der Waals surface area contributed by atoms with Crippen molar-refractivity contribution in [2.75, 3.05) is 0 Å². The molecule has 28 heavy (non-hydrogen) atoms. The first-order valence-electron chi connectivity index (χ1n) is 9.05. The van der Waals surface area contributed by atoms with Crippen LogP contribution in [0, 0.1) is 0 Å². The molecule has 0 spiro atoms. The number of hydrogen-bond acceptors (Lipinski definition) is 2. The lowest BCUT2D eigenvalue weighted by Gasteiger charge is -2.06. The summed E-state index contributed by atoms with van der Waals surface area (Å²) in [6.45, 7) is 0. The second-order valence-corrected chi connectivity index (χ2v) is 6.99. The van der Waals surface area contributed by atoms with Gasteiger partial charge in [-0.1, -0.05) is 72.3 Å². The summed E-state index contributed by atoms with van der Waals surface area (Å²) in [5.74, 6) is 0. The van der Waals surface area contributed by atoms with Gasteiger partial charge in [-0.15, -0.1) is 0 Å². The first kappa shape index (κ1) is 16.7. The monoisotopic (exact) mass is 381 g/mol. The number of imidazole rings is 1. The van der Waals surface area contributed by atoms with E-state index in [0.717, 1.165) is 44.2 Å². The van der Waals surface area contributed by atoms with Gasteiger partial charge in [0, 0.05) is 16.8 Å². The van der Waals surface area contributed by atoms with Crippen LogP contribution in [0.4, 0.5) is 0 Å². The number of fused-ring (bicyclic) bond motifs is 3. The zero-order valence-electron chi connectivity index (χ0n) is 15.0. The van der Waals surface area contributed by atoms with E-state index in [2.05, 4.69) is 28.8 Å². The summed E-state index contributed by atoms with van der Waals surface area (Å²) in [4.78, 5) is 9.71. The van der Waals surface area contributed by atoms with Gasteiger partial charge in [-0.25, -0.2) is 9.97 Å². The fourth-order valence-corrected chi connectivity index (χ4v) is 3.42. The maximum Gasteiger partial charge on any atom is 0.164 e. The molecule has 2 aromatic heterocycles. The Morgan fingerprint density at radius 3 is 2.32 bits per heavy atom. The predicted octanol–water partition coefficient (Wildman–Crippen LogP) is 6.37. The average molecular weight is 382 g/mol. The molecule has 0 aliphatic heterocycles. The van der Waals surface area contributed by atoms with Crippen molar-refractivity contribution in [3.8, 4) is 11.3 Å². The van der Waals surface area contributed by atoms with E-state index < -0.39 is 0 Å². The van der Waals surface area contributed by atoms with E-state index in [1.165, 1.54) is 0 Å². The molecule has 0 aliphatic rings. The molecule has 134 valence electrons. The van der Waals surface area contributed by atoms with Crippen molar-refractivity contribution in [1.29, 1.82) is 0 Å². The second-order valence-electron chi connectivity index (χ2n) is 6.56. The van der Waals surface area contributed by atoms with Crippen molar-refractivity contribution < 1.29 is 0 Å². The largest absolute Gasteiger partial charge is 0.296 e. The van der Waals surface area contributed by atoms with Crippen molar-refractivity contribution >= 4 is 40.4 Å². The van der Waals surface area contributed by atoms with Gasteiger partial charge in [-0.05, 0) is 35.9 Å². The second kappa shape index (κ2) is 6.95. The predicted molar refractivity (Wildman–Crippen MR) is 116 cm³/mol. The lowest BCUT2D eigenvalue weighted by atomic mass is 10.1. The van der Waals surface area contributed by atoms with E-state index in [1.807, 2.05) is 72.8 Å². The third kappa shape index (κ3) is 3.06. The van der Waals surface area contributed by atoms with Crippen LogP contribution in [-0.4, -0.2) is 14.4 Å². The van der Waals surface area contributed by atoms with Crippen LogP contribution in [0.5, 0.6) is 0 Å². The molecule has 2 heterocycles. The van der Waals surface area contributed by atoms with Gasteiger partial charge in [0.25, 0.3) is 0 Å². The highest BCUT2D eigenvalue weighted by atomic mass is 35.5. The van der Waals surface area contributed by atoms with E-state index in [4.69, 9.17) is 21.6 Å². The summed E-state index contributed by atoms with van der Waals surface area (Å²) in [6, 6.07) is 26.1. The highest BCUT2D eigenvalue weighted by Crippen LogP contribution is 2.25. The van der Waals surface area contributed by atoms with E-state index in [9.17, 15) is 0 Å². The van der Waals surface area contributed by atoms with Crippen LogP contribution < -0.4 is 0 Å². The minimum Gasteiger partial charge on any atom is -0.296 e. The van der Waals surface area contributed by atoms with Gasteiger partial charge in [-0.3, -0.25) is 4.40 Å². The number of hydrogen-bond donors (Lipinski definition) is 0. The molecule has 0 saturated heterocycles. The number of para-hydroxylation sites is 2. The molecule has 0 fully saturated rings. The van der Waals surface area contributed by atoms with Gasteiger partial charge in [0.15, 0.2) is 5.65 Å². The lowest BCUT2D eigenvalue weighted by molar-refractivity contribution is 1.14. The molecule has 0 saturated carbocycles. The highest BCUT2D eigenvalue weighted by molar-refractivity contribution is 6.30. The smallest absolute Gasteiger partial charge is 0.164 e. The van der Waals surface area contributed by atoms with Crippen LogP contribution >= 0.6 is 11.6 Å². The Morgan fingerprint density at radius 1 is 0.750 bits per heavy atom. The molecular formula is C24H16ClN3. The van der Waals surface area contributed by atoms with Gasteiger partial charge < -0.3 is 0 Å². The molecule has 0 radical (unpaired) electrons. The molecule has 3 aromatic carbocycles. The number of aromatic nitrogens is 3. The zero-order valence-corrected chi connectivity index (χ0v) is 15.7. The molecule has 5 rings (SSSR count). The minimum absolute atomic E-state index is 0.725. The van der Waals surface area contributed by atoms with Crippen LogP contribution in [-0.2, 0) is 0 Å². The zero-order chi connectivity index (χ0) is 18.9. The lowest BCUT2D eigenvalue weighted by Crippen LogP contribution is -1.95. The Balaban J connectivity index is 1.72. The van der Waals surface area contributed by atoms with Crippen molar-refractivity contribution in [3.05, 3.63) is 101 Å². The van der Waals surface area contributed by atoms with E-state index in [-0.39, 0.29) is 0 Å². The van der Waals surface area contributed by atoms with Gasteiger partial charge >= 0.3 is 0 Å². The van der Waals surface area contributed by atoms with Crippen LogP contribution in [0.2, 0.25) is 5.02 Å². The third-order valence-electron chi connectivity index (χ3n) is 4.69. The maximum atomic E-state index is 5.99. The molecule has 0 atom stereocenters. The molecule has 0 bridgehead atoms. The molecule has 5 aromatic rings. The van der Waals surface area contributed by atoms with Gasteiger partial charge in [0.1, 0.15) is 5.69 Å². The van der Waals surface area contributed by atoms with Crippen LogP contribution in [0.25, 0.3) is 40.1 Å². The summed E-state index contributed by atoms with van der Waals surface area (Å²) in [7, 11) is 0. The van der Waals surface area contributed by atoms with Crippen molar-refractivity contribution in [3.63, 3.8) is 0 Å². The van der Waals surface area contributed by atoms with Gasteiger partial charge in [0.2, 0.25) is 0 Å². The first-order chi connectivity index (χ1) is 13.8. The summed E-state index contributed by atoms with van der Waals surface area (Å²) >= 11 is 5.99. The third-order valence-corrected chi connectivity index (χ3v) is 4.94. The molecule has 0 unspecified atom stereocenters. The van der Waals surface area contributed by atoms with E-state index in [1.54, 1.807) is 0 Å². The molecule has 0 amide bonds. The quantitative estimate of drug-likeness (QED) is 0.363. The highest BCUT2D eigenvalue weighted by Gasteiger charge is 2.11. The SMILES string of the molecule is Clc1ccc(C=Cc2nc(-c3ccccc3)cn3c2nc2ccccc23)cc1. The van der Waals surface area contributed by atoms with Crippen molar-refractivity contribution in [2.45, 2.75) is 0 Å². The fourth-order valence-electron chi connectivity index (χ4n) is 3.30. The number of rotatable bonds is 3. The number of nitrogens with zero attached hydrogens (tertiary/aromatic N) is 3. The topological polar surface area (TPSA) is 30.2 Å². The Kier molecular flexibility index (Phi) is 4.15. The molecule has 4 heteroatoms. The van der Waals surface area contributed by atoms with Crippen molar-refractivity contribution in [2.24, 2.45) is 0 Å². The van der Waals surface area contributed by atoms with E-state index in [0.29, 0.717) is 0 Å². The summed E-state index contributed by atoms with van der Waals surface area (Å²) in [6.07, 6.45) is 6.10. The fraction of sp³-hybridized carbons (Fsp3) is 0. The van der Waals surface area contributed by atoms with E-state index >= 15 is 0 Å². The molecular weight excluding hydrogens is 366 g/mol. The average Bonchev–Trinajstić information content (AvgIpc) is 3.13. The van der Waals surface area contributed by atoms with Crippen LogP contribution in [0.3, 0.4) is 0 Å². The Labute approximate surface area is 167 Å². The number of halogens is 1. The normalized spacial score (nSPS) is 11.6. The summed E-state index contributed by atoms with van der Waals surface area (Å²) in [5, 5.41) is 0.725. The molecule has 3 nitrogen and oxygen atoms in total. The summed E-state index contributed by atoms with van der Waals surface area (Å²) in [5.41, 5.74) is 6.73. The van der Waals surface area contributed by atoms with Gasteiger partial charge in [-0.2, -0.15) is 0 Å². The molecule has 0 N–H and O–H groups in total. The van der Waals surface area contributed by atoms with Crippen LogP contribution in [0.1, 0.15) is 11.3 Å². The first-order valence-corrected chi connectivity index (χ1v) is 9.43. The number of benzene rings is 3. The summed E-state index contributed by atoms with van der Waals surface area (Å²) < 4.78 is 2.12.